The minimum Gasteiger partial charge on any atom is -0.391 e. The largest absolute Gasteiger partial charge is 0.391 e. The number of aliphatic hydroxyl groups excluding tert-OH is 1. The molecule has 2 atom stereocenters. The Kier molecular flexibility index (Phi) is 15.5. The maximum atomic E-state index is 12.0. The van der Waals surface area contributed by atoms with Gasteiger partial charge in [0.25, 0.3) is 0 Å². The molecule has 0 heterocycles. The summed E-state index contributed by atoms with van der Waals surface area (Å²) in [5.74, 6) is 0.124. The molecule has 0 unspecified atom stereocenters. The van der Waals surface area contributed by atoms with E-state index in [0.717, 1.165) is 38.5 Å². The van der Waals surface area contributed by atoms with Gasteiger partial charge in [-0.15, -0.1) is 0 Å². The third-order valence-electron chi connectivity index (χ3n) is 5.74. The zero-order valence-electron chi connectivity index (χ0n) is 17.9. The van der Waals surface area contributed by atoms with Crippen LogP contribution in [0.3, 0.4) is 0 Å². The summed E-state index contributed by atoms with van der Waals surface area (Å²) >= 11 is 0. The molecule has 0 aliphatic heterocycles. The number of hydrogen-bond donors (Lipinski definition) is 2. The van der Waals surface area contributed by atoms with Crippen molar-refractivity contribution in [2.45, 2.75) is 135 Å². The molecule has 0 aromatic rings. The molecular formula is C24H45NO2. The summed E-state index contributed by atoms with van der Waals surface area (Å²) in [6, 6.07) is -0.00521. The lowest BCUT2D eigenvalue weighted by molar-refractivity contribution is -0.123. The highest BCUT2D eigenvalue weighted by molar-refractivity contribution is 5.76. The molecule has 1 amide bonds. The summed E-state index contributed by atoms with van der Waals surface area (Å²) in [6.07, 6.45) is 25.6. The van der Waals surface area contributed by atoms with E-state index in [1.54, 1.807) is 0 Å². The number of carbonyl (C=O) groups is 1. The van der Waals surface area contributed by atoms with Crippen LogP contribution in [0.15, 0.2) is 12.2 Å². The minimum absolute atomic E-state index is 0.00521. The predicted molar refractivity (Wildman–Crippen MR) is 116 cm³/mol. The van der Waals surface area contributed by atoms with Gasteiger partial charge in [0.15, 0.2) is 0 Å². The molecule has 0 aromatic heterocycles. The van der Waals surface area contributed by atoms with Crippen LogP contribution in [0.4, 0.5) is 0 Å². The molecule has 27 heavy (non-hydrogen) atoms. The Morgan fingerprint density at radius 2 is 1.41 bits per heavy atom. The average Bonchev–Trinajstić information content (AvgIpc) is 2.66. The third kappa shape index (κ3) is 13.9. The number of nitrogens with one attached hydrogen (secondary N) is 1. The molecule has 0 aromatic carbocycles. The number of amides is 1. The summed E-state index contributed by atoms with van der Waals surface area (Å²) in [7, 11) is 0. The minimum atomic E-state index is -0.336. The maximum absolute atomic E-state index is 12.0. The van der Waals surface area contributed by atoms with E-state index in [-0.39, 0.29) is 18.1 Å². The maximum Gasteiger partial charge on any atom is 0.220 e. The Balaban J connectivity index is 1.83. The van der Waals surface area contributed by atoms with E-state index in [1.165, 1.54) is 70.6 Å². The second-order valence-electron chi connectivity index (χ2n) is 8.36. The summed E-state index contributed by atoms with van der Waals surface area (Å²) in [5.41, 5.74) is 0. The molecule has 0 spiro atoms. The van der Waals surface area contributed by atoms with Crippen LogP contribution >= 0.6 is 0 Å². The normalized spacial score (nSPS) is 20.2. The number of carbonyl (C=O) groups excluding carboxylic acids is 1. The molecule has 1 saturated carbocycles. The van der Waals surface area contributed by atoms with Crippen molar-refractivity contribution in [3.8, 4) is 0 Å². The lowest BCUT2D eigenvalue weighted by Gasteiger charge is -2.28. The van der Waals surface area contributed by atoms with Gasteiger partial charge in [-0.05, 0) is 44.9 Å². The molecule has 1 rings (SSSR count). The van der Waals surface area contributed by atoms with Gasteiger partial charge < -0.3 is 10.4 Å². The van der Waals surface area contributed by atoms with Crippen LogP contribution in [0.2, 0.25) is 0 Å². The van der Waals surface area contributed by atoms with Crippen LogP contribution in [0.1, 0.15) is 122 Å². The smallest absolute Gasteiger partial charge is 0.220 e. The molecule has 0 saturated heterocycles. The first-order valence-electron chi connectivity index (χ1n) is 11.9. The van der Waals surface area contributed by atoms with Crippen LogP contribution in [0, 0.1) is 0 Å². The summed E-state index contributed by atoms with van der Waals surface area (Å²) in [4.78, 5) is 12.0. The quantitative estimate of drug-likeness (QED) is 0.239. The van der Waals surface area contributed by atoms with E-state index < -0.39 is 0 Å². The Bertz CT molecular complexity index is 381. The Morgan fingerprint density at radius 3 is 2.04 bits per heavy atom. The van der Waals surface area contributed by atoms with E-state index in [1.807, 2.05) is 0 Å². The number of rotatable bonds is 16. The summed E-state index contributed by atoms with van der Waals surface area (Å²) in [6.45, 7) is 2.27. The topological polar surface area (TPSA) is 49.3 Å². The number of hydrogen-bond acceptors (Lipinski definition) is 2. The van der Waals surface area contributed by atoms with Crippen LogP contribution in [0.5, 0.6) is 0 Å². The van der Waals surface area contributed by atoms with Crippen molar-refractivity contribution in [2.24, 2.45) is 0 Å². The summed E-state index contributed by atoms with van der Waals surface area (Å²) < 4.78 is 0. The molecule has 158 valence electrons. The fraction of sp³-hybridized carbons (Fsp3) is 0.875. The van der Waals surface area contributed by atoms with Crippen molar-refractivity contribution >= 4 is 5.91 Å². The van der Waals surface area contributed by atoms with Gasteiger partial charge >= 0.3 is 0 Å². The van der Waals surface area contributed by atoms with E-state index in [0.29, 0.717) is 6.42 Å². The average molecular weight is 380 g/mol. The van der Waals surface area contributed by atoms with Crippen LogP contribution in [0.25, 0.3) is 0 Å². The van der Waals surface area contributed by atoms with Gasteiger partial charge in [-0.1, -0.05) is 83.3 Å². The number of aliphatic hydroxyl groups is 1. The second kappa shape index (κ2) is 17.3. The second-order valence-corrected chi connectivity index (χ2v) is 8.36. The van der Waals surface area contributed by atoms with Crippen LogP contribution in [-0.2, 0) is 4.79 Å². The van der Waals surface area contributed by atoms with Gasteiger partial charge in [0.2, 0.25) is 5.91 Å². The molecule has 1 fully saturated rings. The Hall–Kier alpha value is -0.830. The van der Waals surface area contributed by atoms with E-state index in [4.69, 9.17) is 0 Å². The van der Waals surface area contributed by atoms with E-state index in [9.17, 15) is 9.90 Å². The molecular weight excluding hydrogens is 334 g/mol. The van der Waals surface area contributed by atoms with Crippen molar-refractivity contribution in [1.29, 1.82) is 0 Å². The first-order chi connectivity index (χ1) is 13.2. The zero-order valence-corrected chi connectivity index (χ0v) is 17.9. The van der Waals surface area contributed by atoms with E-state index >= 15 is 0 Å². The van der Waals surface area contributed by atoms with Crippen LogP contribution < -0.4 is 5.32 Å². The lowest BCUT2D eigenvalue weighted by atomic mass is 9.92. The molecule has 3 nitrogen and oxygen atoms in total. The van der Waals surface area contributed by atoms with Gasteiger partial charge in [-0.2, -0.15) is 0 Å². The van der Waals surface area contributed by atoms with Gasteiger partial charge in [0.05, 0.1) is 12.1 Å². The SMILES string of the molecule is CCCCCCCC/C=C\CCCCCCCC(=O)N[C@@H]1CCCC[C@H]1O. The number of unbranched alkanes of at least 4 members (excludes halogenated alkanes) is 11. The highest BCUT2D eigenvalue weighted by Crippen LogP contribution is 2.18. The summed E-state index contributed by atoms with van der Waals surface area (Å²) in [5, 5.41) is 12.9. The van der Waals surface area contributed by atoms with Gasteiger partial charge in [-0.3, -0.25) is 4.79 Å². The van der Waals surface area contributed by atoms with Gasteiger partial charge in [-0.25, -0.2) is 0 Å². The fourth-order valence-corrected chi connectivity index (χ4v) is 3.91. The van der Waals surface area contributed by atoms with Crippen molar-refractivity contribution in [3.63, 3.8) is 0 Å². The fourth-order valence-electron chi connectivity index (χ4n) is 3.91. The molecule has 1 aliphatic rings. The van der Waals surface area contributed by atoms with Crippen molar-refractivity contribution in [1.82, 2.24) is 5.32 Å². The molecule has 3 heteroatoms. The highest BCUT2D eigenvalue weighted by atomic mass is 16.3. The molecule has 2 N–H and O–H groups in total. The lowest BCUT2D eigenvalue weighted by Crippen LogP contribution is -2.44. The van der Waals surface area contributed by atoms with Gasteiger partial charge in [0, 0.05) is 6.42 Å². The molecule has 0 bridgehead atoms. The standard InChI is InChI=1S/C24H45NO2/c1-2-3-4-5-6-7-8-9-10-11-12-13-14-15-16-21-24(27)25-22-19-17-18-20-23(22)26/h9-10,22-23,26H,2-8,11-21H2,1H3,(H,25,27)/b10-9-/t22-,23-/m1/s1. The Labute approximate surface area is 168 Å². The first kappa shape index (κ1) is 24.2. The third-order valence-corrected chi connectivity index (χ3v) is 5.74. The molecule has 0 radical (unpaired) electrons. The van der Waals surface area contributed by atoms with Crippen molar-refractivity contribution in [3.05, 3.63) is 12.2 Å². The first-order valence-corrected chi connectivity index (χ1v) is 11.9. The van der Waals surface area contributed by atoms with Crippen molar-refractivity contribution in [2.75, 3.05) is 0 Å². The van der Waals surface area contributed by atoms with Gasteiger partial charge in [0.1, 0.15) is 0 Å². The highest BCUT2D eigenvalue weighted by Gasteiger charge is 2.23. The Morgan fingerprint density at radius 1 is 0.852 bits per heavy atom. The van der Waals surface area contributed by atoms with Crippen molar-refractivity contribution < 1.29 is 9.90 Å². The predicted octanol–water partition coefficient (Wildman–Crippen LogP) is 6.44. The monoisotopic (exact) mass is 379 g/mol. The number of allylic oxidation sites excluding steroid dienone is 2. The van der Waals surface area contributed by atoms with Crippen LogP contribution in [-0.4, -0.2) is 23.2 Å². The molecule has 1 aliphatic carbocycles. The van der Waals surface area contributed by atoms with E-state index in [2.05, 4.69) is 24.4 Å². The zero-order chi connectivity index (χ0) is 19.6.